The van der Waals surface area contributed by atoms with E-state index in [0.717, 1.165) is 25.3 Å². The van der Waals surface area contributed by atoms with E-state index in [1.54, 1.807) is 0 Å². The van der Waals surface area contributed by atoms with Crippen LogP contribution in [0.3, 0.4) is 0 Å². The zero-order valence-electron chi connectivity index (χ0n) is 10.0. The van der Waals surface area contributed by atoms with Gasteiger partial charge < -0.3 is 10.4 Å². The molecule has 96 valence electrons. The molecule has 1 aliphatic carbocycles. The van der Waals surface area contributed by atoms with Crippen LogP contribution >= 0.6 is 0 Å². The topological polar surface area (TPSA) is 49.3 Å². The minimum Gasteiger partial charge on any atom is -0.507 e. The van der Waals surface area contributed by atoms with E-state index in [1.807, 2.05) is 0 Å². The number of phenols is 1. The Balaban J connectivity index is 1.97. The van der Waals surface area contributed by atoms with Gasteiger partial charge in [0.15, 0.2) is 0 Å². The average Bonchev–Trinajstić information content (AvgIpc) is 2.37. The van der Waals surface area contributed by atoms with Gasteiger partial charge in [-0.25, -0.2) is 4.39 Å². The zero-order chi connectivity index (χ0) is 13.0. The highest BCUT2D eigenvalue weighted by atomic mass is 19.1. The van der Waals surface area contributed by atoms with Crippen LogP contribution in [0.5, 0.6) is 5.75 Å². The molecule has 0 saturated heterocycles. The number of aromatic hydroxyl groups is 1. The number of phenolic OH excluding ortho intramolecular Hbond substituents is 1. The maximum Gasteiger partial charge on any atom is 0.258 e. The van der Waals surface area contributed by atoms with Gasteiger partial charge in [-0.1, -0.05) is 18.2 Å². The first-order valence-electron chi connectivity index (χ1n) is 6.09. The molecule has 0 radical (unpaired) electrons. The van der Waals surface area contributed by atoms with Gasteiger partial charge in [0.1, 0.15) is 17.1 Å². The number of halogens is 1. The summed E-state index contributed by atoms with van der Waals surface area (Å²) in [4.78, 5) is 11.8. The van der Waals surface area contributed by atoms with Crippen molar-refractivity contribution in [1.29, 1.82) is 0 Å². The summed E-state index contributed by atoms with van der Waals surface area (Å²) < 4.78 is 13.4. The minimum atomic E-state index is -0.698. The summed E-state index contributed by atoms with van der Waals surface area (Å²) in [5, 5.41) is 12.2. The number of hydrogen-bond donors (Lipinski definition) is 2. The van der Waals surface area contributed by atoms with E-state index in [-0.39, 0.29) is 11.3 Å². The Morgan fingerprint density at radius 3 is 2.94 bits per heavy atom. The largest absolute Gasteiger partial charge is 0.507 e. The van der Waals surface area contributed by atoms with Crippen molar-refractivity contribution < 1.29 is 14.3 Å². The van der Waals surface area contributed by atoms with Gasteiger partial charge in [0, 0.05) is 6.54 Å². The molecule has 1 amide bonds. The Hall–Kier alpha value is -1.84. The molecule has 0 saturated carbocycles. The van der Waals surface area contributed by atoms with Crippen LogP contribution in [0.15, 0.2) is 30.4 Å². The molecule has 2 N–H and O–H groups in total. The Morgan fingerprint density at radius 2 is 2.28 bits per heavy atom. The lowest BCUT2D eigenvalue weighted by molar-refractivity contribution is 0.0939. The van der Waals surface area contributed by atoms with E-state index < -0.39 is 11.7 Å². The van der Waals surface area contributed by atoms with Gasteiger partial charge in [-0.15, -0.1) is 0 Å². The zero-order valence-corrected chi connectivity index (χ0v) is 10.0. The number of rotatable bonds is 3. The predicted molar refractivity (Wildman–Crippen MR) is 66.9 cm³/mol. The Labute approximate surface area is 105 Å². The number of nitrogens with one attached hydrogen (secondary N) is 1. The third-order valence-electron chi connectivity index (χ3n) is 3.15. The molecule has 4 heteroatoms. The minimum absolute atomic E-state index is 0.274. The first kappa shape index (κ1) is 12.6. The molecule has 3 nitrogen and oxygen atoms in total. The monoisotopic (exact) mass is 249 g/mol. The van der Waals surface area contributed by atoms with Gasteiger partial charge in [-0.2, -0.15) is 0 Å². The van der Waals surface area contributed by atoms with Crippen LogP contribution in [-0.2, 0) is 0 Å². The summed E-state index contributed by atoms with van der Waals surface area (Å²) >= 11 is 0. The number of benzene rings is 1. The number of allylic oxidation sites excluding steroid dienone is 2. The second kappa shape index (κ2) is 5.67. The number of hydrogen-bond acceptors (Lipinski definition) is 2. The standard InChI is InChI=1S/C14H16FNO2/c15-11-7-4-8-12(17)13(11)14(18)16-9-10-5-2-1-3-6-10/h1-2,4,7-8,10,17H,3,5-6,9H2,(H,16,18). The smallest absolute Gasteiger partial charge is 0.258 e. The Bertz CT molecular complexity index is 451. The van der Waals surface area contributed by atoms with Crippen LogP contribution in [0, 0.1) is 11.7 Å². The van der Waals surface area contributed by atoms with Gasteiger partial charge in [0.2, 0.25) is 0 Å². The molecule has 0 bridgehead atoms. The molecule has 1 unspecified atom stereocenters. The maximum absolute atomic E-state index is 13.4. The van der Waals surface area contributed by atoms with Crippen LogP contribution in [-0.4, -0.2) is 17.6 Å². The predicted octanol–water partition coefficient (Wildman–Crippen LogP) is 2.62. The second-order valence-corrected chi connectivity index (χ2v) is 4.49. The summed E-state index contributed by atoms with van der Waals surface area (Å²) in [5.41, 5.74) is -0.274. The number of carbonyl (C=O) groups is 1. The summed E-state index contributed by atoms with van der Waals surface area (Å²) in [6.45, 7) is 0.511. The first-order chi connectivity index (χ1) is 8.68. The van der Waals surface area contributed by atoms with Gasteiger partial charge >= 0.3 is 0 Å². The molecule has 0 aliphatic heterocycles. The average molecular weight is 249 g/mol. The normalized spacial score (nSPS) is 18.6. The van der Waals surface area contributed by atoms with E-state index in [2.05, 4.69) is 17.5 Å². The number of carbonyl (C=O) groups excluding carboxylic acids is 1. The van der Waals surface area contributed by atoms with Crippen molar-refractivity contribution >= 4 is 5.91 Å². The lowest BCUT2D eigenvalue weighted by Crippen LogP contribution is -2.30. The van der Waals surface area contributed by atoms with Crippen LogP contribution in [0.2, 0.25) is 0 Å². The van der Waals surface area contributed by atoms with Crippen molar-refractivity contribution in [3.05, 3.63) is 41.7 Å². The van der Waals surface area contributed by atoms with Crippen LogP contribution in [0.25, 0.3) is 0 Å². The molecule has 0 spiro atoms. The third kappa shape index (κ3) is 2.88. The fourth-order valence-corrected chi connectivity index (χ4v) is 2.10. The van der Waals surface area contributed by atoms with Gasteiger partial charge in [-0.3, -0.25) is 4.79 Å². The first-order valence-corrected chi connectivity index (χ1v) is 6.09. The summed E-state index contributed by atoms with van der Waals surface area (Å²) in [5.74, 6) is -1.18. The SMILES string of the molecule is O=C(NCC1CC=CCC1)c1c(O)cccc1F. The molecule has 2 rings (SSSR count). The summed E-state index contributed by atoms with van der Waals surface area (Å²) in [6, 6.07) is 3.84. The fourth-order valence-electron chi connectivity index (χ4n) is 2.10. The lowest BCUT2D eigenvalue weighted by atomic mass is 9.94. The molecule has 0 heterocycles. The van der Waals surface area contributed by atoms with Crippen molar-refractivity contribution in [2.45, 2.75) is 19.3 Å². The van der Waals surface area contributed by atoms with Gasteiger partial charge in [0.05, 0.1) is 0 Å². The van der Waals surface area contributed by atoms with E-state index >= 15 is 0 Å². The molecule has 1 atom stereocenters. The third-order valence-corrected chi connectivity index (χ3v) is 3.15. The fraction of sp³-hybridized carbons (Fsp3) is 0.357. The van der Waals surface area contributed by atoms with E-state index in [4.69, 9.17) is 0 Å². The molecule has 18 heavy (non-hydrogen) atoms. The summed E-state index contributed by atoms with van der Waals surface area (Å²) in [7, 11) is 0. The highest BCUT2D eigenvalue weighted by Gasteiger charge is 2.18. The van der Waals surface area contributed by atoms with Crippen LogP contribution in [0.4, 0.5) is 4.39 Å². The van der Waals surface area contributed by atoms with Crippen LogP contribution in [0.1, 0.15) is 29.6 Å². The maximum atomic E-state index is 13.4. The van der Waals surface area contributed by atoms with Crippen molar-refractivity contribution in [3.8, 4) is 5.75 Å². The second-order valence-electron chi connectivity index (χ2n) is 4.49. The summed E-state index contributed by atoms with van der Waals surface area (Å²) in [6.07, 6.45) is 7.21. The molecular formula is C14H16FNO2. The molecule has 0 aromatic heterocycles. The number of amides is 1. The Kier molecular flexibility index (Phi) is 3.97. The highest BCUT2D eigenvalue weighted by Crippen LogP contribution is 2.20. The van der Waals surface area contributed by atoms with Crippen molar-refractivity contribution in [1.82, 2.24) is 5.32 Å². The molecule has 0 fully saturated rings. The van der Waals surface area contributed by atoms with Crippen molar-refractivity contribution in [2.75, 3.05) is 6.54 Å². The van der Waals surface area contributed by atoms with Crippen molar-refractivity contribution in [3.63, 3.8) is 0 Å². The van der Waals surface area contributed by atoms with Gasteiger partial charge in [0.25, 0.3) is 5.91 Å². The lowest BCUT2D eigenvalue weighted by Gasteiger charge is -2.18. The quantitative estimate of drug-likeness (QED) is 0.809. The van der Waals surface area contributed by atoms with E-state index in [1.165, 1.54) is 12.1 Å². The molecule has 1 aromatic rings. The highest BCUT2D eigenvalue weighted by molar-refractivity contribution is 5.97. The molecular weight excluding hydrogens is 233 g/mol. The van der Waals surface area contributed by atoms with Crippen molar-refractivity contribution in [2.24, 2.45) is 5.92 Å². The molecule has 1 aromatic carbocycles. The van der Waals surface area contributed by atoms with Gasteiger partial charge in [-0.05, 0) is 37.3 Å². The molecule has 1 aliphatic rings. The van der Waals surface area contributed by atoms with E-state index in [0.29, 0.717) is 12.5 Å². The van der Waals surface area contributed by atoms with E-state index in [9.17, 15) is 14.3 Å². The Morgan fingerprint density at radius 1 is 1.44 bits per heavy atom. The van der Waals surface area contributed by atoms with Crippen LogP contribution < -0.4 is 5.32 Å².